The van der Waals surface area contributed by atoms with Gasteiger partial charge < -0.3 is 20.4 Å². The highest BCUT2D eigenvalue weighted by molar-refractivity contribution is 6.05. The van der Waals surface area contributed by atoms with Gasteiger partial charge in [-0.2, -0.15) is 0 Å². The Labute approximate surface area is 205 Å². The standard InChI is InChI=1S/C27H32N4O4/c32-24(28-22-12-3-1-10-20(22)26(34)30-16-5-6-17-30)14-9-15-25(33)29-23-13-4-2-11-21(23)27(35)31-18-7-8-19-31/h1-4,10-13H,5-9,14-19H2,(H,28,32)(H,29,33). The predicted octanol–water partition coefficient (Wildman–Crippen LogP) is 3.91. The van der Waals surface area contributed by atoms with Crippen molar-refractivity contribution in [3.63, 3.8) is 0 Å². The Balaban J connectivity index is 1.27. The Hall–Kier alpha value is -3.68. The van der Waals surface area contributed by atoms with Gasteiger partial charge in [-0.1, -0.05) is 24.3 Å². The first-order chi connectivity index (χ1) is 17.0. The van der Waals surface area contributed by atoms with Crippen molar-refractivity contribution >= 4 is 35.0 Å². The molecule has 2 N–H and O–H groups in total. The molecule has 0 aliphatic carbocycles. The first kappa shape index (κ1) is 24.4. The summed E-state index contributed by atoms with van der Waals surface area (Å²) < 4.78 is 0. The number of hydrogen-bond acceptors (Lipinski definition) is 4. The summed E-state index contributed by atoms with van der Waals surface area (Å²) in [6, 6.07) is 14.0. The highest BCUT2D eigenvalue weighted by atomic mass is 16.2. The van der Waals surface area contributed by atoms with Gasteiger partial charge in [-0.15, -0.1) is 0 Å². The quantitative estimate of drug-likeness (QED) is 0.604. The van der Waals surface area contributed by atoms with Crippen molar-refractivity contribution < 1.29 is 19.2 Å². The van der Waals surface area contributed by atoms with Crippen molar-refractivity contribution in [1.82, 2.24) is 9.80 Å². The van der Waals surface area contributed by atoms with Gasteiger partial charge in [0, 0.05) is 39.0 Å². The molecule has 2 fully saturated rings. The van der Waals surface area contributed by atoms with E-state index in [-0.39, 0.29) is 36.5 Å². The third kappa shape index (κ3) is 6.26. The molecule has 0 aromatic heterocycles. The van der Waals surface area contributed by atoms with Crippen LogP contribution in [0.1, 0.15) is 65.7 Å². The maximum Gasteiger partial charge on any atom is 0.255 e. The Morgan fingerprint density at radius 2 is 0.971 bits per heavy atom. The minimum absolute atomic E-state index is 0.0695. The Bertz CT molecular complexity index is 1000. The van der Waals surface area contributed by atoms with Crippen LogP contribution in [-0.2, 0) is 9.59 Å². The van der Waals surface area contributed by atoms with Crippen LogP contribution >= 0.6 is 0 Å². The Kier molecular flexibility index (Phi) is 8.13. The van der Waals surface area contributed by atoms with E-state index in [1.165, 1.54) is 0 Å². The molecule has 8 heteroatoms. The average molecular weight is 477 g/mol. The number of hydrogen-bond donors (Lipinski definition) is 2. The van der Waals surface area contributed by atoms with Crippen LogP contribution in [0.4, 0.5) is 11.4 Å². The van der Waals surface area contributed by atoms with Gasteiger partial charge in [0.25, 0.3) is 11.8 Å². The number of amides is 4. The molecule has 0 saturated carbocycles. The van der Waals surface area contributed by atoms with E-state index in [0.717, 1.165) is 51.9 Å². The number of anilines is 2. The topological polar surface area (TPSA) is 98.8 Å². The minimum atomic E-state index is -0.246. The lowest BCUT2D eigenvalue weighted by atomic mass is 10.1. The van der Waals surface area contributed by atoms with Gasteiger partial charge in [-0.05, 0) is 56.4 Å². The maximum atomic E-state index is 12.8. The van der Waals surface area contributed by atoms with E-state index < -0.39 is 0 Å². The van der Waals surface area contributed by atoms with Gasteiger partial charge in [-0.25, -0.2) is 0 Å². The summed E-state index contributed by atoms with van der Waals surface area (Å²) in [6.45, 7) is 2.96. The van der Waals surface area contributed by atoms with Crippen LogP contribution in [0.25, 0.3) is 0 Å². The molecule has 35 heavy (non-hydrogen) atoms. The molecule has 8 nitrogen and oxygen atoms in total. The lowest BCUT2D eigenvalue weighted by molar-refractivity contribution is -0.117. The third-order valence-corrected chi connectivity index (χ3v) is 6.46. The highest BCUT2D eigenvalue weighted by Crippen LogP contribution is 2.22. The smallest absolute Gasteiger partial charge is 0.255 e. The monoisotopic (exact) mass is 476 g/mol. The molecule has 2 aromatic rings. The fourth-order valence-corrected chi connectivity index (χ4v) is 4.57. The van der Waals surface area contributed by atoms with Gasteiger partial charge in [0.1, 0.15) is 0 Å². The van der Waals surface area contributed by atoms with Crippen LogP contribution < -0.4 is 10.6 Å². The van der Waals surface area contributed by atoms with Crippen LogP contribution in [0.2, 0.25) is 0 Å². The summed E-state index contributed by atoms with van der Waals surface area (Å²) in [7, 11) is 0. The molecule has 2 aliphatic rings. The van der Waals surface area contributed by atoms with E-state index in [1.807, 2.05) is 9.80 Å². The van der Waals surface area contributed by atoms with Crippen molar-refractivity contribution in [2.75, 3.05) is 36.8 Å². The minimum Gasteiger partial charge on any atom is -0.339 e. The van der Waals surface area contributed by atoms with Crippen molar-refractivity contribution in [2.24, 2.45) is 0 Å². The van der Waals surface area contributed by atoms with Crippen LogP contribution in [0.5, 0.6) is 0 Å². The molecular weight excluding hydrogens is 444 g/mol. The van der Waals surface area contributed by atoms with E-state index in [2.05, 4.69) is 10.6 Å². The van der Waals surface area contributed by atoms with Gasteiger partial charge in [0.15, 0.2) is 0 Å². The lowest BCUT2D eigenvalue weighted by Gasteiger charge is -2.18. The van der Waals surface area contributed by atoms with E-state index in [4.69, 9.17) is 0 Å². The summed E-state index contributed by atoms with van der Waals surface area (Å²) in [5.41, 5.74) is 1.96. The predicted molar refractivity (Wildman–Crippen MR) is 134 cm³/mol. The number of benzene rings is 2. The molecule has 4 rings (SSSR count). The summed E-state index contributed by atoms with van der Waals surface area (Å²) in [6.07, 6.45) is 4.64. The normalized spacial score (nSPS) is 15.2. The second-order valence-electron chi connectivity index (χ2n) is 9.04. The molecule has 0 unspecified atom stereocenters. The number of carbonyl (C=O) groups is 4. The zero-order chi connectivity index (χ0) is 24.6. The number of likely N-dealkylation sites (tertiary alicyclic amines) is 2. The highest BCUT2D eigenvalue weighted by Gasteiger charge is 2.23. The van der Waals surface area contributed by atoms with Gasteiger partial charge >= 0.3 is 0 Å². The molecule has 184 valence electrons. The largest absolute Gasteiger partial charge is 0.339 e. The zero-order valence-electron chi connectivity index (χ0n) is 19.9. The van der Waals surface area contributed by atoms with E-state index >= 15 is 0 Å². The molecule has 0 spiro atoms. The van der Waals surface area contributed by atoms with Crippen molar-refractivity contribution in [3.8, 4) is 0 Å². The number of para-hydroxylation sites is 2. The molecule has 2 aromatic carbocycles. The van der Waals surface area contributed by atoms with Crippen LogP contribution in [-0.4, -0.2) is 59.6 Å². The van der Waals surface area contributed by atoms with E-state index in [0.29, 0.717) is 28.9 Å². The maximum absolute atomic E-state index is 12.8. The molecule has 0 bridgehead atoms. The third-order valence-electron chi connectivity index (χ3n) is 6.46. The fourth-order valence-electron chi connectivity index (χ4n) is 4.57. The average Bonchev–Trinajstić information content (AvgIpc) is 3.59. The van der Waals surface area contributed by atoms with Crippen molar-refractivity contribution in [1.29, 1.82) is 0 Å². The first-order valence-electron chi connectivity index (χ1n) is 12.4. The molecule has 0 atom stereocenters. The molecule has 2 aliphatic heterocycles. The summed E-state index contributed by atoms with van der Waals surface area (Å²) in [5, 5.41) is 5.65. The summed E-state index contributed by atoms with van der Waals surface area (Å²) in [4.78, 5) is 54.2. The molecular formula is C27H32N4O4. The fraction of sp³-hybridized carbons (Fsp3) is 0.407. The van der Waals surface area contributed by atoms with Gasteiger partial charge in [-0.3, -0.25) is 19.2 Å². The van der Waals surface area contributed by atoms with Gasteiger partial charge in [0.05, 0.1) is 22.5 Å². The molecule has 0 radical (unpaired) electrons. The number of carbonyl (C=O) groups excluding carboxylic acids is 4. The molecule has 2 heterocycles. The molecule has 4 amide bonds. The SMILES string of the molecule is O=C(CCCC(=O)Nc1ccccc1C(=O)N1CCCC1)Nc1ccccc1C(=O)N1CCCC1. The number of nitrogens with zero attached hydrogens (tertiary/aromatic N) is 2. The Morgan fingerprint density at radius 1 is 0.600 bits per heavy atom. The second kappa shape index (κ2) is 11.6. The Morgan fingerprint density at radius 3 is 1.37 bits per heavy atom. The lowest BCUT2D eigenvalue weighted by Crippen LogP contribution is -2.29. The van der Waals surface area contributed by atoms with E-state index in [9.17, 15) is 19.2 Å². The first-order valence-corrected chi connectivity index (χ1v) is 12.4. The van der Waals surface area contributed by atoms with Crippen LogP contribution in [0, 0.1) is 0 Å². The zero-order valence-corrected chi connectivity index (χ0v) is 19.9. The van der Waals surface area contributed by atoms with Crippen LogP contribution in [0.15, 0.2) is 48.5 Å². The van der Waals surface area contributed by atoms with Crippen molar-refractivity contribution in [3.05, 3.63) is 59.7 Å². The number of rotatable bonds is 8. The summed E-state index contributed by atoms with van der Waals surface area (Å²) in [5.74, 6) is -0.631. The van der Waals surface area contributed by atoms with E-state index in [1.54, 1.807) is 48.5 Å². The second-order valence-corrected chi connectivity index (χ2v) is 9.04. The van der Waals surface area contributed by atoms with Gasteiger partial charge in [0.2, 0.25) is 11.8 Å². The van der Waals surface area contributed by atoms with Crippen molar-refractivity contribution in [2.45, 2.75) is 44.9 Å². The molecule has 2 saturated heterocycles. The van der Waals surface area contributed by atoms with Crippen LogP contribution in [0.3, 0.4) is 0 Å². The summed E-state index contributed by atoms with van der Waals surface area (Å²) >= 11 is 0. The number of nitrogens with one attached hydrogen (secondary N) is 2.